The molecule has 2 nitrogen and oxygen atoms in total. The zero-order valence-electron chi connectivity index (χ0n) is 9.17. The first-order valence-electron chi connectivity index (χ1n) is 4.93. The predicted molar refractivity (Wildman–Crippen MR) is 62.6 cm³/mol. The molecule has 0 fully saturated rings. The molecule has 1 heterocycles. The van der Waals surface area contributed by atoms with Crippen molar-refractivity contribution in [2.24, 2.45) is 0 Å². The summed E-state index contributed by atoms with van der Waals surface area (Å²) in [6.45, 7) is 7.60. The van der Waals surface area contributed by atoms with E-state index in [-0.39, 0.29) is 5.54 Å². The summed E-state index contributed by atoms with van der Waals surface area (Å²) in [7, 11) is 0. The molecule has 1 N–H and O–H groups in total. The molecule has 1 rings (SSSR count). The largest absolute Gasteiger partial charge is 0.468 e. The third-order valence-corrected chi connectivity index (χ3v) is 2.71. The minimum atomic E-state index is 0.227. The van der Waals surface area contributed by atoms with Gasteiger partial charge in [-0.15, -0.1) is 0 Å². The molecular weight excluding hydrogens is 194 g/mol. The quantitative estimate of drug-likeness (QED) is 0.761. The first kappa shape index (κ1) is 11.7. The summed E-state index contributed by atoms with van der Waals surface area (Å²) in [5.74, 6) is 3.15. The third kappa shape index (κ3) is 5.35. The lowest BCUT2D eigenvalue weighted by atomic mass is 10.1. The Morgan fingerprint density at radius 2 is 2.21 bits per heavy atom. The Kier molecular flexibility index (Phi) is 4.55. The van der Waals surface area contributed by atoms with Crippen molar-refractivity contribution in [3.63, 3.8) is 0 Å². The van der Waals surface area contributed by atoms with Gasteiger partial charge in [-0.05, 0) is 32.9 Å². The first-order chi connectivity index (χ1) is 6.58. The monoisotopic (exact) mass is 213 g/mol. The average molecular weight is 213 g/mol. The van der Waals surface area contributed by atoms with E-state index in [0.717, 1.165) is 23.8 Å². The Bertz CT molecular complexity index is 238. The maximum absolute atomic E-state index is 5.24. The highest BCUT2D eigenvalue weighted by Gasteiger charge is 2.07. The molecule has 0 aliphatic heterocycles. The topological polar surface area (TPSA) is 25.2 Å². The average Bonchev–Trinajstić information content (AvgIpc) is 2.54. The van der Waals surface area contributed by atoms with Gasteiger partial charge in [-0.3, -0.25) is 0 Å². The summed E-state index contributed by atoms with van der Waals surface area (Å²) < 4.78 is 5.24. The van der Waals surface area contributed by atoms with Gasteiger partial charge in [0, 0.05) is 17.8 Å². The third-order valence-electron chi connectivity index (χ3n) is 1.73. The van der Waals surface area contributed by atoms with E-state index in [2.05, 4.69) is 26.1 Å². The van der Waals surface area contributed by atoms with Crippen LogP contribution in [0, 0.1) is 0 Å². The SMILES string of the molecule is CC(C)(C)NCCSCc1ccco1. The molecule has 1 aromatic rings. The molecule has 0 atom stereocenters. The minimum Gasteiger partial charge on any atom is -0.468 e. The summed E-state index contributed by atoms with van der Waals surface area (Å²) in [5.41, 5.74) is 0.227. The van der Waals surface area contributed by atoms with Crippen LogP contribution in [-0.4, -0.2) is 17.8 Å². The van der Waals surface area contributed by atoms with E-state index in [9.17, 15) is 0 Å². The molecular formula is C11H19NOS. The van der Waals surface area contributed by atoms with Crippen LogP contribution in [0.4, 0.5) is 0 Å². The number of furan rings is 1. The normalized spacial score (nSPS) is 11.9. The Labute approximate surface area is 90.5 Å². The molecule has 0 aliphatic carbocycles. The lowest BCUT2D eigenvalue weighted by molar-refractivity contribution is 0.441. The van der Waals surface area contributed by atoms with Crippen molar-refractivity contribution in [3.8, 4) is 0 Å². The fourth-order valence-electron chi connectivity index (χ4n) is 1.07. The lowest BCUT2D eigenvalue weighted by Gasteiger charge is -2.20. The van der Waals surface area contributed by atoms with Crippen molar-refractivity contribution in [1.29, 1.82) is 0 Å². The van der Waals surface area contributed by atoms with Gasteiger partial charge in [0.2, 0.25) is 0 Å². The summed E-state index contributed by atoms with van der Waals surface area (Å²) >= 11 is 1.90. The number of rotatable bonds is 5. The van der Waals surface area contributed by atoms with Crippen molar-refractivity contribution in [3.05, 3.63) is 24.2 Å². The van der Waals surface area contributed by atoms with E-state index in [1.54, 1.807) is 6.26 Å². The molecule has 0 spiro atoms. The van der Waals surface area contributed by atoms with E-state index in [4.69, 9.17) is 4.42 Å². The molecule has 0 saturated carbocycles. The van der Waals surface area contributed by atoms with Crippen molar-refractivity contribution in [2.75, 3.05) is 12.3 Å². The molecule has 0 unspecified atom stereocenters. The minimum absolute atomic E-state index is 0.227. The Morgan fingerprint density at radius 3 is 2.79 bits per heavy atom. The van der Waals surface area contributed by atoms with E-state index >= 15 is 0 Å². The van der Waals surface area contributed by atoms with Gasteiger partial charge in [-0.1, -0.05) is 0 Å². The maximum Gasteiger partial charge on any atom is 0.113 e. The first-order valence-corrected chi connectivity index (χ1v) is 6.08. The Hall–Kier alpha value is -0.410. The zero-order chi connectivity index (χ0) is 10.4. The van der Waals surface area contributed by atoms with E-state index in [1.807, 2.05) is 23.9 Å². The molecule has 0 saturated heterocycles. The van der Waals surface area contributed by atoms with Gasteiger partial charge in [0.15, 0.2) is 0 Å². The van der Waals surface area contributed by atoms with Crippen molar-refractivity contribution in [2.45, 2.75) is 32.1 Å². The van der Waals surface area contributed by atoms with Crippen LogP contribution in [0.25, 0.3) is 0 Å². The molecule has 0 amide bonds. The van der Waals surface area contributed by atoms with Gasteiger partial charge in [-0.25, -0.2) is 0 Å². The standard InChI is InChI=1S/C11H19NOS/c1-11(2,3)12-6-8-14-9-10-5-4-7-13-10/h4-5,7,12H,6,8-9H2,1-3H3. The summed E-state index contributed by atoms with van der Waals surface area (Å²) in [5, 5.41) is 3.45. The van der Waals surface area contributed by atoms with Gasteiger partial charge in [-0.2, -0.15) is 11.8 Å². The van der Waals surface area contributed by atoms with Crippen LogP contribution >= 0.6 is 11.8 Å². The number of hydrogen-bond acceptors (Lipinski definition) is 3. The molecule has 3 heteroatoms. The summed E-state index contributed by atoms with van der Waals surface area (Å²) in [6, 6.07) is 3.95. The fourth-order valence-corrected chi connectivity index (χ4v) is 1.82. The van der Waals surface area contributed by atoms with E-state index in [1.165, 1.54) is 0 Å². The maximum atomic E-state index is 5.24. The lowest BCUT2D eigenvalue weighted by Crippen LogP contribution is -2.37. The van der Waals surface area contributed by atoms with Gasteiger partial charge < -0.3 is 9.73 Å². The van der Waals surface area contributed by atoms with Crippen LogP contribution in [0.3, 0.4) is 0 Å². The Morgan fingerprint density at radius 1 is 1.43 bits per heavy atom. The van der Waals surface area contributed by atoms with Crippen LogP contribution in [0.1, 0.15) is 26.5 Å². The predicted octanol–water partition coefficient (Wildman–Crippen LogP) is 2.90. The number of nitrogens with one attached hydrogen (secondary N) is 1. The van der Waals surface area contributed by atoms with Crippen LogP contribution in [0.5, 0.6) is 0 Å². The van der Waals surface area contributed by atoms with Crippen LogP contribution in [0.15, 0.2) is 22.8 Å². The van der Waals surface area contributed by atoms with Crippen molar-refractivity contribution >= 4 is 11.8 Å². The second-order valence-corrected chi connectivity index (χ2v) is 5.41. The Balaban J connectivity index is 2.00. The van der Waals surface area contributed by atoms with Crippen LogP contribution in [0.2, 0.25) is 0 Å². The molecule has 0 bridgehead atoms. The second kappa shape index (κ2) is 5.47. The number of thioether (sulfide) groups is 1. The van der Waals surface area contributed by atoms with Gasteiger partial charge in [0.1, 0.15) is 5.76 Å². The van der Waals surface area contributed by atoms with Crippen molar-refractivity contribution < 1.29 is 4.42 Å². The van der Waals surface area contributed by atoms with Crippen LogP contribution in [-0.2, 0) is 5.75 Å². The molecule has 80 valence electrons. The highest BCUT2D eigenvalue weighted by atomic mass is 32.2. The molecule has 0 radical (unpaired) electrons. The second-order valence-electron chi connectivity index (χ2n) is 4.31. The molecule has 14 heavy (non-hydrogen) atoms. The summed E-state index contributed by atoms with van der Waals surface area (Å²) in [6.07, 6.45) is 1.73. The number of hydrogen-bond donors (Lipinski definition) is 1. The molecule has 1 aromatic heterocycles. The molecule has 0 aliphatic rings. The molecule has 0 aromatic carbocycles. The highest BCUT2D eigenvalue weighted by Crippen LogP contribution is 2.11. The fraction of sp³-hybridized carbons (Fsp3) is 0.636. The van der Waals surface area contributed by atoms with Gasteiger partial charge in [0.25, 0.3) is 0 Å². The van der Waals surface area contributed by atoms with Gasteiger partial charge in [0.05, 0.1) is 12.0 Å². The zero-order valence-corrected chi connectivity index (χ0v) is 9.99. The highest BCUT2D eigenvalue weighted by molar-refractivity contribution is 7.98. The van der Waals surface area contributed by atoms with Gasteiger partial charge >= 0.3 is 0 Å². The van der Waals surface area contributed by atoms with Crippen LogP contribution < -0.4 is 5.32 Å². The van der Waals surface area contributed by atoms with E-state index < -0.39 is 0 Å². The summed E-state index contributed by atoms with van der Waals surface area (Å²) in [4.78, 5) is 0. The smallest absolute Gasteiger partial charge is 0.113 e. The van der Waals surface area contributed by atoms with E-state index in [0.29, 0.717) is 0 Å². The van der Waals surface area contributed by atoms with Crippen molar-refractivity contribution in [1.82, 2.24) is 5.32 Å².